The van der Waals surface area contributed by atoms with E-state index in [0.717, 1.165) is 12.8 Å². The highest BCUT2D eigenvalue weighted by Gasteiger charge is 2.15. The fourth-order valence-electron chi connectivity index (χ4n) is 1.65. The molecule has 2 unspecified atom stereocenters. The first-order valence-corrected chi connectivity index (χ1v) is 5.37. The highest BCUT2D eigenvalue weighted by atomic mass is 16.5. The average Bonchev–Trinajstić information content (AvgIpc) is 2.31. The van der Waals surface area contributed by atoms with E-state index in [0.29, 0.717) is 0 Å². The van der Waals surface area contributed by atoms with Gasteiger partial charge in [0.25, 0.3) is 0 Å². The summed E-state index contributed by atoms with van der Waals surface area (Å²) in [5, 5.41) is 0. The van der Waals surface area contributed by atoms with Crippen LogP contribution in [0.4, 0.5) is 0 Å². The average molecular weight is 208 g/mol. The minimum Gasteiger partial charge on any atom is -0.379 e. The highest BCUT2D eigenvalue weighted by Crippen LogP contribution is 2.11. The van der Waals surface area contributed by atoms with Crippen molar-refractivity contribution in [2.75, 3.05) is 14.2 Å². The lowest BCUT2D eigenvalue weighted by Gasteiger charge is -2.21. The third-order valence-electron chi connectivity index (χ3n) is 2.76. The van der Waals surface area contributed by atoms with Crippen molar-refractivity contribution in [3.63, 3.8) is 0 Å². The van der Waals surface area contributed by atoms with Crippen molar-refractivity contribution in [3.8, 4) is 0 Å². The van der Waals surface area contributed by atoms with E-state index in [-0.39, 0.29) is 12.2 Å². The second-order valence-electron chi connectivity index (χ2n) is 3.74. The van der Waals surface area contributed by atoms with Gasteiger partial charge in [-0.3, -0.25) is 0 Å². The lowest BCUT2D eigenvalue weighted by atomic mass is 10.0. The summed E-state index contributed by atoms with van der Waals surface area (Å²) in [4.78, 5) is 0. The summed E-state index contributed by atoms with van der Waals surface area (Å²) >= 11 is 0. The van der Waals surface area contributed by atoms with Crippen molar-refractivity contribution in [2.45, 2.75) is 32.0 Å². The molecule has 0 amide bonds. The van der Waals surface area contributed by atoms with E-state index in [4.69, 9.17) is 9.47 Å². The van der Waals surface area contributed by atoms with Crippen LogP contribution in [0.3, 0.4) is 0 Å². The molecule has 2 heteroatoms. The van der Waals surface area contributed by atoms with Crippen molar-refractivity contribution in [2.24, 2.45) is 0 Å². The van der Waals surface area contributed by atoms with Crippen LogP contribution in [0.25, 0.3) is 0 Å². The Labute approximate surface area is 92.2 Å². The molecule has 1 aromatic carbocycles. The van der Waals surface area contributed by atoms with Gasteiger partial charge in [-0.1, -0.05) is 30.3 Å². The second kappa shape index (κ2) is 6.59. The molecule has 84 valence electrons. The van der Waals surface area contributed by atoms with Crippen LogP contribution in [0.2, 0.25) is 0 Å². The van der Waals surface area contributed by atoms with Crippen molar-refractivity contribution in [1.29, 1.82) is 0 Å². The summed E-state index contributed by atoms with van der Waals surface area (Å²) in [5.41, 5.74) is 1.35. The minimum absolute atomic E-state index is 0.152. The third kappa shape index (κ3) is 4.02. The standard InChI is InChI=1S/C13H20O2/c1-11(14-2)13(15-3)10-9-12-7-5-4-6-8-12/h4-8,11,13H,9-10H2,1-3H3. The van der Waals surface area contributed by atoms with E-state index in [1.165, 1.54) is 5.56 Å². The van der Waals surface area contributed by atoms with Gasteiger partial charge in [0, 0.05) is 14.2 Å². The zero-order valence-corrected chi connectivity index (χ0v) is 9.77. The van der Waals surface area contributed by atoms with Gasteiger partial charge in [0.2, 0.25) is 0 Å². The first-order chi connectivity index (χ1) is 7.27. The van der Waals surface area contributed by atoms with Gasteiger partial charge < -0.3 is 9.47 Å². The predicted molar refractivity (Wildman–Crippen MR) is 62.0 cm³/mol. The fraction of sp³-hybridized carbons (Fsp3) is 0.538. The van der Waals surface area contributed by atoms with Gasteiger partial charge in [0.15, 0.2) is 0 Å². The molecule has 1 aromatic rings. The molecule has 0 aromatic heterocycles. The molecule has 0 aliphatic heterocycles. The van der Waals surface area contributed by atoms with E-state index >= 15 is 0 Å². The van der Waals surface area contributed by atoms with E-state index in [1.807, 2.05) is 13.0 Å². The topological polar surface area (TPSA) is 18.5 Å². The molecule has 1 rings (SSSR count). The Morgan fingerprint density at radius 3 is 2.27 bits per heavy atom. The molecule has 0 aliphatic carbocycles. The van der Waals surface area contributed by atoms with E-state index < -0.39 is 0 Å². The van der Waals surface area contributed by atoms with Gasteiger partial charge in [-0.2, -0.15) is 0 Å². The highest BCUT2D eigenvalue weighted by molar-refractivity contribution is 5.14. The van der Waals surface area contributed by atoms with Gasteiger partial charge in [0.1, 0.15) is 0 Å². The van der Waals surface area contributed by atoms with Gasteiger partial charge in [-0.05, 0) is 25.3 Å². The molecule has 2 nitrogen and oxygen atoms in total. The number of rotatable bonds is 6. The molecular weight excluding hydrogens is 188 g/mol. The zero-order valence-electron chi connectivity index (χ0n) is 9.77. The van der Waals surface area contributed by atoms with Crippen LogP contribution < -0.4 is 0 Å². The first-order valence-electron chi connectivity index (χ1n) is 5.37. The molecule has 0 radical (unpaired) electrons. The maximum absolute atomic E-state index is 5.40. The predicted octanol–water partition coefficient (Wildman–Crippen LogP) is 2.67. The third-order valence-corrected chi connectivity index (χ3v) is 2.76. The fourth-order valence-corrected chi connectivity index (χ4v) is 1.65. The monoisotopic (exact) mass is 208 g/mol. The summed E-state index contributed by atoms with van der Waals surface area (Å²) < 4.78 is 10.7. The van der Waals surface area contributed by atoms with Gasteiger partial charge >= 0.3 is 0 Å². The number of benzene rings is 1. The first kappa shape index (κ1) is 12.2. The summed E-state index contributed by atoms with van der Waals surface area (Å²) in [7, 11) is 3.46. The number of hydrogen-bond acceptors (Lipinski definition) is 2. The summed E-state index contributed by atoms with van der Waals surface area (Å²) in [5.74, 6) is 0. The van der Waals surface area contributed by atoms with Crippen LogP contribution in [0.5, 0.6) is 0 Å². The van der Waals surface area contributed by atoms with Crippen molar-refractivity contribution in [3.05, 3.63) is 35.9 Å². The minimum atomic E-state index is 0.152. The normalized spacial score (nSPS) is 14.9. The molecule has 0 N–H and O–H groups in total. The van der Waals surface area contributed by atoms with E-state index in [1.54, 1.807) is 14.2 Å². The Morgan fingerprint density at radius 1 is 1.07 bits per heavy atom. The molecule has 0 bridgehead atoms. The maximum atomic E-state index is 5.40. The largest absolute Gasteiger partial charge is 0.379 e. The van der Waals surface area contributed by atoms with E-state index in [9.17, 15) is 0 Å². The lowest BCUT2D eigenvalue weighted by molar-refractivity contribution is -0.0296. The molecule has 0 saturated heterocycles. The van der Waals surface area contributed by atoms with Crippen LogP contribution in [-0.2, 0) is 15.9 Å². The van der Waals surface area contributed by atoms with Gasteiger partial charge in [-0.25, -0.2) is 0 Å². The maximum Gasteiger partial charge on any atom is 0.0833 e. The molecule has 2 atom stereocenters. The Morgan fingerprint density at radius 2 is 1.73 bits per heavy atom. The Balaban J connectivity index is 2.41. The van der Waals surface area contributed by atoms with Crippen LogP contribution >= 0.6 is 0 Å². The van der Waals surface area contributed by atoms with Gasteiger partial charge in [-0.15, -0.1) is 0 Å². The second-order valence-corrected chi connectivity index (χ2v) is 3.74. The molecule has 0 heterocycles. The smallest absolute Gasteiger partial charge is 0.0833 e. The zero-order chi connectivity index (χ0) is 11.1. The number of methoxy groups -OCH3 is 2. The summed E-state index contributed by atoms with van der Waals surface area (Å²) in [6, 6.07) is 10.5. The van der Waals surface area contributed by atoms with Crippen LogP contribution in [-0.4, -0.2) is 26.4 Å². The lowest BCUT2D eigenvalue weighted by Crippen LogP contribution is -2.27. The van der Waals surface area contributed by atoms with Crippen LogP contribution in [0, 0.1) is 0 Å². The molecule has 0 spiro atoms. The SMILES string of the molecule is COC(C)C(CCc1ccccc1)OC. The number of hydrogen-bond donors (Lipinski definition) is 0. The van der Waals surface area contributed by atoms with E-state index in [2.05, 4.69) is 24.3 Å². The molecule has 15 heavy (non-hydrogen) atoms. The Hall–Kier alpha value is -0.860. The van der Waals surface area contributed by atoms with Crippen molar-refractivity contribution >= 4 is 0 Å². The van der Waals surface area contributed by atoms with Crippen molar-refractivity contribution < 1.29 is 9.47 Å². The summed E-state index contributed by atoms with van der Waals surface area (Å²) in [6.07, 6.45) is 2.36. The van der Waals surface area contributed by atoms with Gasteiger partial charge in [0.05, 0.1) is 12.2 Å². The van der Waals surface area contributed by atoms with Crippen LogP contribution in [0.1, 0.15) is 18.9 Å². The van der Waals surface area contributed by atoms with Crippen molar-refractivity contribution in [1.82, 2.24) is 0 Å². The number of ether oxygens (including phenoxy) is 2. The molecule has 0 saturated carbocycles. The number of aryl methyl sites for hydroxylation is 1. The molecular formula is C13H20O2. The Kier molecular flexibility index (Phi) is 5.37. The quantitative estimate of drug-likeness (QED) is 0.715. The molecule has 0 fully saturated rings. The Bertz CT molecular complexity index is 258. The summed E-state index contributed by atoms with van der Waals surface area (Å²) in [6.45, 7) is 2.04. The van der Waals surface area contributed by atoms with Crippen LogP contribution in [0.15, 0.2) is 30.3 Å². The molecule has 0 aliphatic rings.